The Morgan fingerprint density at radius 2 is 1.69 bits per heavy atom. The Morgan fingerprint density at radius 1 is 1.03 bits per heavy atom. The molecular formula is C25H29N3O4. The summed E-state index contributed by atoms with van der Waals surface area (Å²) in [5, 5.41) is 1.05. The number of anilines is 1. The van der Waals surface area contributed by atoms with Gasteiger partial charge in [-0.25, -0.2) is 0 Å². The molecule has 32 heavy (non-hydrogen) atoms. The molecule has 1 aromatic heterocycles. The maximum absolute atomic E-state index is 13.0. The number of carbonyl (C=O) groups is 1. The number of nitrogens with two attached hydrogens (primary N) is 1. The SMILES string of the molecule is COc1cc(CC(=O)N2CCC(c3nc4ccccc4cc3N)CC2)cc(OC)c1OC. The molecule has 7 nitrogen and oxygen atoms in total. The number of carbonyl (C=O) groups excluding carboxylic acids is 1. The van der Waals surface area contributed by atoms with Crippen molar-refractivity contribution in [2.45, 2.75) is 25.2 Å². The average molecular weight is 436 g/mol. The topological polar surface area (TPSA) is 86.9 Å². The number of nitrogens with zero attached hydrogens (tertiary/aromatic N) is 2. The van der Waals surface area contributed by atoms with Gasteiger partial charge in [0, 0.05) is 24.4 Å². The fourth-order valence-corrected chi connectivity index (χ4v) is 4.40. The van der Waals surface area contributed by atoms with Crippen LogP contribution >= 0.6 is 0 Å². The number of ether oxygens (including phenoxy) is 3. The summed E-state index contributed by atoms with van der Waals surface area (Å²) in [6.45, 7) is 1.36. The van der Waals surface area contributed by atoms with Crippen molar-refractivity contribution in [3.8, 4) is 17.2 Å². The Balaban J connectivity index is 1.44. The number of para-hydroxylation sites is 1. The van der Waals surface area contributed by atoms with Crippen LogP contribution in [0.5, 0.6) is 17.2 Å². The molecule has 0 atom stereocenters. The van der Waals surface area contributed by atoms with Gasteiger partial charge in [-0.2, -0.15) is 0 Å². The number of methoxy groups -OCH3 is 3. The van der Waals surface area contributed by atoms with Crippen LogP contribution in [0.25, 0.3) is 10.9 Å². The first kappa shape index (κ1) is 21.7. The summed E-state index contributed by atoms with van der Waals surface area (Å²) in [7, 11) is 4.70. The highest BCUT2D eigenvalue weighted by Gasteiger charge is 2.26. The highest BCUT2D eigenvalue weighted by molar-refractivity contribution is 5.82. The minimum atomic E-state index is 0.0807. The Kier molecular flexibility index (Phi) is 6.35. The quantitative estimate of drug-likeness (QED) is 0.634. The van der Waals surface area contributed by atoms with Crippen molar-refractivity contribution >= 4 is 22.5 Å². The first-order valence-corrected chi connectivity index (χ1v) is 10.8. The van der Waals surface area contributed by atoms with E-state index in [1.54, 1.807) is 21.3 Å². The summed E-state index contributed by atoms with van der Waals surface area (Å²) in [6.07, 6.45) is 1.96. The zero-order chi connectivity index (χ0) is 22.7. The van der Waals surface area contributed by atoms with Gasteiger partial charge in [0.15, 0.2) is 11.5 Å². The second-order valence-corrected chi connectivity index (χ2v) is 8.02. The van der Waals surface area contributed by atoms with Gasteiger partial charge in [0.25, 0.3) is 0 Å². The molecule has 0 spiro atoms. The molecule has 3 aromatic rings. The van der Waals surface area contributed by atoms with Crippen LogP contribution in [0.2, 0.25) is 0 Å². The van der Waals surface area contributed by atoms with Crippen LogP contribution in [0.1, 0.15) is 30.0 Å². The number of nitrogen functional groups attached to an aromatic ring is 1. The van der Waals surface area contributed by atoms with Gasteiger partial charge in [-0.1, -0.05) is 18.2 Å². The minimum absolute atomic E-state index is 0.0807. The number of benzene rings is 2. The lowest BCUT2D eigenvalue weighted by Crippen LogP contribution is -2.39. The molecule has 1 amide bonds. The molecule has 0 bridgehead atoms. The lowest BCUT2D eigenvalue weighted by molar-refractivity contribution is -0.131. The number of aromatic nitrogens is 1. The lowest BCUT2D eigenvalue weighted by Gasteiger charge is -2.32. The van der Waals surface area contributed by atoms with Crippen molar-refractivity contribution in [1.82, 2.24) is 9.88 Å². The summed E-state index contributed by atoms with van der Waals surface area (Å²) >= 11 is 0. The maximum Gasteiger partial charge on any atom is 0.226 e. The van der Waals surface area contributed by atoms with E-state index in [9.17, 15) is 4.79 Å². The molecule has 2 aromatic carbocycles. The summed E-state index contributed by atoms with van der Waals surface area (Å²) in [6, 6.07) is 13.7. The second kappa shape index (κ2) is 9.34. The Bertz CT molecular complexity index is 1100. The fraction of sp³-hybridized carbons (Fsp3) is 0.360. The molecule has 0 radical (unpaired) electrons. The number of fused-ring (bicyclic) bond motifs is 1. The fourth-order valence-electron chi connectivity index (χ4n) is 4.40. The highest BCUT2D eigenvalue weighted by atomic mass is 16.5. The van der Waals surface area contributed by atoms with Crippen molar-refractivity contribution in [3.63, 3.8) is 0 Å². The van der Waals surface area contributed by atoms with Crippen molar-refractivity contribution in [2.24, 2.45) is 0 Å². The number of amides is 1. The monoisotopic (exact) mass is 435 g/mol. The van der Waals surface area contributed by atoms with Crippen LogP contribution < -0.4 is 19.9 Å². The average Bonchev–Trinajstić information content (AvgIpc) is 2.83. The Hall–Kier alpha value is -3.48. The zero-order valence-corrected chi connectivity index (χ0v) is 18.8. The molecule has 1 aliphatic heterocycles. The zero-order valence-electron chi connectivity index (χ0n) is 18.8. The van der Waals surface area contributed by atoms with Crippen LogP contribution in [0.3, 0.4) is 0 Å². The van der Waals surface area contributed by atoms with Gasteiger partial charge in [0.1, 0.15) is 0 Å². The van der Waals surface area contributed by atoms with E-state index in [0.717, 1.165) is 40.7 Å². The van der Waals surface area contributed by atoms with Gasteiger partial charge in [-0.15, -0.1) is 0 Å². The largest absolute Gasteiger partial charge is 0.493 e. The molecule has 2 N–H and O–H groups in total. The normalized spacial score (nSPS) is 14.4. The number of hydrogen-bond donors (Lipinski definition) is 1. The van der Waals surface area contributed by atoms with Gasteiger partial charge in [-0.05, 0) is 42.7 Å². The van der Waals surface area contributed by atoms with Gasteiger partial charge in [-0.3, -0.25) is 9.78 Å². The van der Waals surface area contributed by atoms with Crippen molar-refractivity contribution in [1.29, 1.82) is 0 Å². The molecular weight excluding hydrogens is 406 g/mol. The molecule has 7 heteroatoms. The predicted octanol–water partition coefficient (Wildman–Crippen LogP) is 3.79. The molecule has 0 aliphatic carbocycles. The van der Waals surface area contributed by atoms with E-state index in [1.165, 1.54) is 0 Å². The maximum atomic E-state index is 13.0. The lowest BCUT2D eigenvalue weighted by atomic mass is 9.91. The number of pyridine rings is 1. The van der Waals surface area contributed by atoms with Gasteiger partial charge >= 0.3 is 0 Å². The minimum Gasteiger partial charge on any atom is -0.493 e. The predicted molar refractivity (Wildman–Crippen MR) is 125 cm³/mol. The Labute approximate surface area is 188 Å². The molecule has 2 heterocycles. The number of likely N-dealkylation sites (tertiary alicyclic amines) is 1. The molecule has 1 saturated heterocycles. The first-order chi connectivity index (χ1) is 15.5. The smallest absolute Gasteiger partial charge is 0.226 e. The highest BCUT2D eigenvalue weighted by Crippen LogP contribution is 2.38. The first-order valence-electron chi connectivity index (χ1n) is 10.8. The number of rotatable bonds is 6. The molecule has 0 saturated carbocycles. The van der Waals surface area contributed by atoms with E-state index in [-0.39, 0.29) is 18.2 Å². The van der Waals surface area contributed by atoms with Crippen LogP contribution in [0, 0.1) is 0 Å². The van der Waals surface area contributed by atoms with Crippen molar-refractivity contribution in [2.75, 3.05) is 40.2 Å². The van der Waals surface area contributed by atoms with E-state index >= 15 is 0 Å². The van der Waals surface area contributed by atoms with Crippen molar-refractivity contribution in [3.05, 3.63) is 53.7 Å². The Morgan fingerprint density at radius 3 is 2.31 bits per heavy atom. The van der Waals surface area contributed by atoms with Gasteiger partial charge in [0.05, 0.1) is 44.6 Å². The van der Waals surface area contributed by atoms with Gasteiger partial charge < -0.3 is 24.8 Å². The van der Waals surface area contributed by atoms with Crippen LogP contribution in [0.4, 0.5) is 5.69 Å². The third kappa shape index (κ3) is 4.28. The van der Waals surface area contributed by atoms with E-state index in [0.29, 0.717) is 30.3 Å². The standard InChI is InChI=1S/C25H29N3O4/c1-30-21-12-16(13-22(31-2)25(21)32-3)14-23(29)28-10-8-17(9-11-28)24-19(26)15-18-6-4-5-7-20(18)27-24/h4-7,12-13,15,17H,8-11,14,26H2,1-3H3. The molecule has 0 unspecified atom stereocenters. The summed E-state index contributed by atoms with van der Waals surface area (Å²) in [5.41, 5.74) is 9.77. The van der Waals surface area contributed by atoms with E-state index in [1.807, 2.05) is 47.4 Å². The summed E-state index contributed by atoms with van der Waals surface area (Å²) in [4.78, 5) is 19.7. The number of piperidine rings is 1. The van der Waals surface area contributed by atoms with E-state index in [4.69, 9.17) is 24.9 Å². The van der Waals surface area contributed by atoms with Crippen LogP contribution in [-0.2, 0) is 11.2 Å². The van der Waals surface area contributed by atoms with Crippen molar-refractivity contribution < 1.29 is 19.0 Å². The molecule has 1 fully saturated rings. The molecule has 4 rings (SSSR count). The summed E-state index contributed by atoms with van der Waals surface area (Å²) in [5.74, 6) is 1.95. The number of hydrogen-bond acceptors (Lipinski definition) is 6. The second-order valence-electron chi connectivity index (χ2n) is 8.02. The van der Waals surface area contributed by atoms with E-state index in [2.05, 4.69) is 0 Å². The summed E-state index contributed by atoms with van der Waals surface area (Å²) < 4.78 is 16.2. The van der Waals surface area contributed by atoms with Gasteiger partial charge in [0.2, 0.25) is 11.7 Å². The van der Waals surface area contributed by atoms with Crippen LogP contribution in [0.15, 0.2) is 42.5 Å². The third-order valence-corrected chi connectivity index (χ3v) is 6.10. The molecule has 1 aliphatic rings. The van der Waals surface area contributed by atoms with Crippen LogP contribution in [-0.4, -0.2) is 50.2 Å². The third-order valence-electron chi connectivity index (χ3n) is 6.10. The molecule has 168 valence electrons. The van der Waals surface area contributed by atoms with E-state index < -0.39 is 0 Å².